The fraction of sp³-hybridized carbons (Fsp3) is 0.250. The van der Waals surface area contributed by atoms with Crippen LogP contribution in [0.25, 0.3) is 0 Å². The first-order valence-corrected chi connectivity index (χ1v) is 7.57. The van der Waals surface area contributed by atoms with Crippen LogP contribution in [0.1, 0.15) is 17.2 Å². The van der Waals surface area contributed by atoms with Crippen molar-refractivity contribution in [2.45, 2.75) is 25.7 Å². The van der Waals surface area contributed by atoms with E-state index < -0.39 is 12.0 Å². The fourth-order valence-corrected chi connectivity index (χ4v) is 2.26. The van der Waals surface area contributed by atoms with E-state index in [4.69, 9.17) is 0 Å². The lowest BCUT2D eigenvalue weighted by Gasteiger charge is -2.10. The summed E-state index contributed by atoms with van der Waals surface area (Å²) in [4.78, 5) is 6.69. The number of nitrogens with one attached hydrogen (secondary N) is 1. The van der Waals surface area contributed by atoms with E-state index >= 15 is 0 Å². The highest BCUT2D eigenvalue weighted by atomic mass is 19.4. The molecule has 0 aliphatic rings. The molecule has 2 heterocycles. The highest BCUT2D eigenvalue weighted by molar-refractivity contribution is 5.33. The van der Waals surface area contributed by atoms with Crippen LogP contribution in [0.5, 0.6) is 0 Å². The van der Waals surface area contributed by atoms with Crippen LogP contribution in [0.3, 0.4) is 0 Å². The van der Waals surface area contributed by atoms with Gasteiger partial charge >= 0.3 is 6.18 Å². The van der Waals surface area contributed by atoms with Gasteiger partial charge in [-0.05, 0) is 18.1 Å². The van der Waals surface area contributed by atoms with Gasteiger partial charge in [0, 0.05) is 12.7 Å². The Morgan fingerprint density at radius 1 is 1.08 bits per heavy atom. The molecule has 0 atom stereocenters. The summed E-state index contributed by atoms with van der Waals surface area (Å²) in [5.74, 6) is -0.480. The molecule has 0 radical (unpaired) electrons. The van der Waals surface area contributed by atoms with Crippen molar-refractivity contribution in [3.8, 4) is 0 Å². The number of benzene rings is 1. The van der Waals surface area contributed by atoms with E-state index in [0.29, 0.717) is 12.4 Å². The zero-order valence-corrected chi connectivity index (χ0v) is 13.1. The summed E-state index contributed by atoms with van der Waals surface area (Å²) in [7, 11) is 0. The molecular weight excluding hydrogens is 333 g/mol. The summed E-state index contributed by atoms with van der Waals surface area (Å²) in [5, 5.41) is 10.7. The van der Waals surface area contributed by atoms with Crippen molar-refractivity contribution in [1.82, 2.24) is 24.7 Å². The van der Waals surface area contributed by atoms with Gasteiger partial charge in [0.1, 0.15) is 12.1 Å². The summed E-state index contributed by atoms with van der Waals surface area (Å²) in [6, 6.07) is 11.3. The molecule has 1 N–H and O–H groups in total. The van der Waals surface area contributed by atoms with Gasteiger partial charge in [-0.15, -0.1) is 10.2 Å². The second kappa shape index (κ2) is 7.29. The molecule has 2 aromatic heterocycles. The van der Waals surface area contributed by atoms with Gasteiger partial charge in [0.15, 0.2) is 5.82 Å². The molecule has 0 aliphatic heterocycles. The third-order valence-electron chi connectivity index (χ3n) is 3.52. The molecule has 25 heavy (non-hydrogen) atoms. The first kappa shape index (κ1) is 16.9. The minimum absolute atomic E-state index is 0.0833. The van der Waals surface area contributed by atoms with Crippen molar-refractivity contribution in [1.29, 1.82) is 0 Å². The monoisotopic (exact) mass is 348 g/mol. The van der Waals surface area contributed by atoms with Crippen LogP contribution < -0.4 is 5.32 Å². The molecule has 0 aliphatic carbocycles. The Morgan fingerprint density at radius 3 is 2.64 bits per heavy atom. The van der Waals surface area contributed by atoms with Crippen molar-refractivity contribution in [2.75, 3.05) is 5.32 Å². The molecular formula is C16H15F3N6. The first-order chi connectivity index (χ1) is 12.0. The molecule has 0 spiro atoms. The number of anilines is 1. The Kier molecular flexibility index (Phi) is 4.92. The average Bonchev–Trinajstić information content (AvgIpc) is 3.06. The Bertz CT molecular complexity index is 816. The van der Waals surface area contributed by atoms with Gasteiger partial charge in [-0.2, -0.15) is 13.2 Å². The van der Waals surface area contributed by atoms with Crippen molar-refractivity contribution < 1.29 is 13.2 Å². The van der Waals surface area contributed by atoms with E-state index in [9.17, 15) is 13.2 Å². The van der Waals surface area contributed by atoms with Gasteiger partial charge in [0.25, 0.3) is 0 Å². The number of aromatic nitrogens is 5. The predicted molar refractivity (Wildman–Crippen MR) is 84.5 cm³/mol. The molecule has 1 aromatic carbocycles. The van der Waals surface area contributed by atoms with E-state index in [0.717, 1.165) is 12.6 Å². The smallest absolute Gasteiger partial charge is 0.363 e. The van der Waals surface area contributed by atoms with E-state index in [2.05, 4.69) is 25.5 Å². The second-order valence-corrected chi connectivity index (χ2v) is 5.29. The number of alkyl halides is 3. The normalized spacial score (nSPS) is 11.5. The Morgan fingerprint density at radius 2 is 1.88 bits per heavy atom. The summed E-state index contributed by atoms with van der Waals surface area (Å²) in [6.07, 6.45) is -1.11. The number of hydrogen-bond acceptors (Lipinski definition) is 5. The standard InChI is InChI=1S/C16H15F3N6/c17-16(18,19)15-20-8-6-13(23-15)21-10-14-24-22-11-25(14)9-7-12-4-2-1-3-5-12/h1-6,8,11H,7,9-10H2,(H,20,21,23). The van der Waals surface area contributed by atoms with Gasteiger partial charge in [-0.3, -0.25) is 0 Å². The number of nitrogens with zero attached hydrogens (tertiary/aromatic N) is 5. The van der Waals surface area contributed by atoms with Crippen LogP contribution in [-0.4, -0.2) is 24.7 Å². The van der Waals surface area contributed by atoms with E-state index in [1.54, 1.807) is 6.33 Å². The molecule has 130 valence electrons. The zero-order chi connectivity index (χ0) is 17.7. The average molecular weight is 348 g/mol. The largest absolute Gasteiger partial charge is 0.451 e. The maximum Gasteiger partial charge on any atom is 0.451 e. The number of halogens is 3. The zero-order valence-electron chi connectivity index (χ0n) is 13.1. The summed E-state index contributed by atoms with van der Waals surface area (Å²) in [5.41, 5.74) is 1.18. The lowest BCUT2D eigenvalue weighted by atomic mass is 10.1. The number of rotatable bonds is 6. The van der Waals surface area contributed by atoms with E-state index in [1.807, 2.05) is 34.9 Å². The molecule has 0 unspecified atom stereocenters. The van der Waals surface area contributed by atoms with Crippen molar-refractivity contribution in [3.05, 3.63) is 66.1 Å². The molecule has 3 aromatic rings. The Balaban J connectivity index is 1.62. The Hall–Kier alpha value is -2.97. The molecule has 0 bridgehead atoms. The van der Waals surface area contributed by atoms with E-state index in [-0.39, 0.29) is 12.4 Å². The second-order valence-electron chi connectivity index (χ2n) is 5.29. The minimum Gasteiger partial charge on any atom is -0.363 e. The molecule has 0 saturated carbocycles. The lowest BCUT2D eigenvalue weighted by molar-refractivity contribution is -0.144. The maximum atomic E-state index is 12.6. The molecule has 0 amide bonds. The minimum atomic E-state index is -4.58. The summed E-state index contributed by atoms with van der Waals surface area (Å²) in [6.45, 7) is 0.884. The van der Waals surface area contributed by atoms with Crippen LogP contribution in [0.4, 0.5) is 19.0 Å². The molecule has 9 heteroatoms. The number of hydrogen-bond donors (Lipinski definition) is 1. The Labute approximate surface area is 141 Å². The highest BCUT2D eigenvalue weighted by Crippen LogP contribution is 2.26. The fourth-order valence-electron chi connectivity index (χ4n) is 2.26. The predicted octanol–water partition coefficient (Wildman–Crippen LogP) is 2.94. The maximum absolute atomic E-state index is 12.6. The van der Waals surface area contributed by atoms with Crippen LogP contribution in [0, 0.1) is 0 Å². The third kappa shape index (κ3) is 4.52. The van der Waals surface area contributed by atoms with Gasteiger partial charge in [0.05, 0.1) is 6.54 Å². The molecule has 0 saturated heterocycles. The SMILES string of the molecule is FC(F)(F)c1nccc(NCc2nncn2CCc2ccccc2)n1. The van der Waals surface area contributed by atoms with Crippen LogP contribution >= 0.6 is 0 Å². The lowest BCUT2D eigenvalue weighted by Crippen LogP contribution is -2.14. The van der Waals surface area contributed by atoms with Gasteiger partial charge < -0.3 is 9.88 Å². The quantitative estimate of drug-likeness (QED) is 0.742. The van der Waals surface area contributed by atoms with Crippen molar-refractivity contribution in [3.63, 3.8) is 0 Å². The number of aryl methyl sites for hydroxylation is 2. The topological polar surface area (TPSA) is 68.5 Å². The van der Waals surface area contributed by atoms with Crippen LogP contribution in [0.15, 0.2) is 48.9 Å². The van der Waals surface area contributed by atoms with E-state index in [1.165, 1.54) is 11.6 Å². The van der Waals surface area contributed by atoms with Gasteiger partial charge in [-0.25, -0.2) is 9.97 Å². The van der Waals surface area contributed by atoms with Crippen molar-refractivity contribution in [2.24, 2.45) is 0 Å². The highest BCUT2D eigenvalue weighted by Gasteiger charge is 2.34. The van der Waals surface area contributed by atoms with Crippen LogP contribution in [-0.2, 0) is 25.7 Å². The van der Waals surface area contributed by atoms with Gasteiger partial charge in [-0.1, -0.05) is 30.3 Å². The third-order valence-corrected chi connectivity index (χ3v) is 3.52. The molecule has 3 rings (SSSR count). The molecule has 0 fully saturated rings. The first-order valence-electron chi connectivity index (χ1n) is 7.57. The molecule has 6 nitrogen and oxygen atoms in total. The van der Waals surface area contributed by atoms with Crippen molar-refractivity contribution >= 4 is 5.82 Å². The van der Waals surface area contributed by atoms with Crippen LogP contribution in [0.2, 0.25) is 0 Å². The summed E-state index contributed by atoms with van der Waals surface area (Å²) >= 11 is 0. The summed E-state index contributed by atoms with van der Waals surface area (Å²) < 4.78 is 39.7. The van der Waals surface area contributed by atoms with Gasteiger partial charge in [0.2, 0.25) is 5.82 Å².